The smallest absolute Gasteiger partial charge is 0.0601 e. The maximum Gasteiger partial charge on any atom is 0.0601 e. The van der Waals surface area contributed by atoms with E-state index in [-0.39, 0.29) is 18.7 Å². The molecule has 2 atom stereocenters. The van der Waals surface area contributed by atoms with Crippen molar-refractivity contribution in [3.63, 3.8) is 0 Å². The summed E-state index contributed by atoms with van der Waals surface area (Å²) in [5.41, 5.74) is 5.85. The summed E-state index contributed by atoms with van der Waals surface area (Å²) in [4.78, 5) is 4.64. The summed E-state index contributed by atoms with van der Waals surface area (Å²) in [5.74, 6) is 0. The average molecular weight is 201 g/mol. The van der Waals surface area contributed by atoms with Crippen LogP contribution in [0.2, 0.25) is 0 Å². The van der Waals surface area contributed by atoms with Gasteiger partial charge in [-0.2, -0.15) is 0 Å². The first-order chi connectivity index (χ1) is 6.65. The second-order valence-corrected chi connectivity index (χ2v) is 4.30. The maximum atomic E-state index is 9.27. The monoisotopic (exact) mass is 201 g/mol. The third kappa shape index (κ3) is 3.20. The van der Waals surface area contributed by atoms with Gasteiger partial charge in [-0.25, -0.2) is 0 Å². The van der Waals surface area contributed by atoms with Crippen molar-refractivity contribution in [2.45, 2.75) is 25.4 Å². The zero-order valence-electron chi connectivity index (χ0n) is 9.32. The molecule has 1 heterocycles. The molecule has 4 nitrogen and oxygen atoms in total. The molecule has 1 saturated heterocycles. The number of aliphatic hydroxyl groups is 1. The number of aliphatic hydroxyl groups excluding tert-OH is 1. The number of likely N-dealkylation sites (N-methyl/N-ethyl adjacent to an activating group) is 1. The van der Waals surface area contributed by atoms with Crippen molar-refractivity contribution in [3.05, 3.63) is 0 Å². The third-order valence-corrected chi connectivity index (χ3v) is 3.02. The van der Waals surface area contributed by atoms with E-state index in [1.54, 1.807) is 0 Å². The molecule has 1 aliphatic rings. The Hall–Kier alpha value is -0.160. The Balaban J connectivity index is 2.48. The highest BCUT2D eigenvalue weighted by molar-refractivity contribution is 4.81. The van der Waals surface area contributed by atoms with Crippen molar-refractivity contribution in [2.75, 3.05) is 39.8 Å². The molecule has 0 aromatic heterocycles. The largest absolute Gasteiger partial charge is 0.395 e. The number of nitrogens with zero attached hydrogens (tertiary/aromatic N) is 2. The minimum atomic E-state index is 0.0448. The molecule has 0 amide bonds. The van der Waals surface area contributed by atoms with Crippen LogP contribution in [-0.4, -0.2) is 66.8 Å². The predicted molar refractivity (Wildman–Crippen MR) is 58.2 cm³/mol. The van der Waals surface area contributed by atoms with Gasteiger partial charge >= 0.3 is 0 Å². The molecule has 0 saturated carbocycles. The van der Waals surface area contributed by atoms with Gasteiger partial charge in [-0.1, -0.05) is 0 Å². The van der Waals surface area contributed by atoms with Gasteiger partial charge in [0.1, 0.15) is 0 Å². The van der Waals surface area contributed by atoms with Gasteiger partial charge in [0.25, 0.3) is 0 Å². The standard InChI is InChI=1S/C10H23N3O/c1-9(11)10(8-14)13-5-3-4-12(2)6-7-13/h9-10,14H,3-8,11H2,1-2H3. The highest BCUT2D eigenvalue weighted by Gasteiger charge is 2.22. The molecule has 2 unspecified atom stereocenters. The highest BCUT2D eigenvalue weighted by Crippen LogP contribution is 2.07. The van der Waals surface area contributed by atoms with E-state index in [1.807, 2.05) is 6.92 Å². The molecule has 0 aromatic carbocycles. The summed E-state index contributed by atoms with van der Waals surface area (Å²) in [6.45, 7) is 6.42. The quantitative estimate of drug-likeness (QED) is 0.636. The Kier molecular flexibility index (Phi) is 4.81. The van der Waals surface area contributed by atoms with Crippen molar-refractivity contribution in [1.82, 2.24) is 9.80 Å². The minimum absolute atomic E-state index is 0.0448. The van der Waals surface area contributed by atoms with Crippen molar-refractivity contribution >= 4 is 0 Å². The van der Waals surface area contributed by atoms with Gasteiger partial charge < -0.3 is 15.7 Å². The van der Waals surface area contributed by atoms with E-state index in [1.165, 1.54) is 6.42 Å². The van der Waals surface area contributed by atoms with Gasteiger partial charge in [0.15, 0.2) is 0 Å². The molecule has 0 aliphatic carbocycles. The van der Waals surface area contributed by atoms with Crippen LogP contribution in [0.15, 0.2) is 0 Å². The summed E-state index contributed by atoms with van der Waals surface area (Å²) >= 11 is 0. The Morgan fingerprint density at radius 3 is 2.57 bits per heavy atom. The van der Waals surface area contributed by atoms with Crippen molar-refractivity contribution < 1.29 is 5.11 Å². The fourth-order valence-corrected chi connectivity index (χ4v) is 2.01. The van der Waals surface area contributed by atoms with Gasteiger partial charge in [-0.3, -0.25) is 4.90 Å². The van der Waals surface area contributed by atoms with Crippen LogP contribution in [0.25, 0.3) is 0 Å². The van der Waals surface area contributed by atoms with Crippen LogP contribution in [0.5, 0.6) is 0 Å². The maximum absolute atomic E-state index is 9.27. The molecule has 0 spiro atoms. The Morgan fingerprint density at radius 1 is 1.29 bits per heavy atom. The van der Waals surface area contributed by atoms with Crippen LogP contribution in [-0.2, 0) is 0 Å². The van der Waals surface area contributed by atoms with Crippen molar-refractivity contribution in [1.29, 1.82) is 0 Å². The minimum Gasteiger partial charge on any atom is -0.395 e. The van der Waals surface area contributed by atoms with Gasteiger partial charge in [-0.05, 0) is 33.5 Å². The summed E-state index contributed by atoms with van der Waals surface area (Å²) in [7, 11) is 2.14. The fourth-order valence-electron chi connectivity index (χ4n) is 2.01. The van der Waals surface area contributed by atoms with E-state index < -0.39 is 0 Å². The first kappa shape index (κ1) is 11.9. The van der Waals surface area contributed by atoms with E-state index in [0.717, 1.165) is 26.2 Å². The van der Waals surface area contributed by atoms with Gasteiger partial charge in [0, 0.05) is 25.2 Å². The first-order valence-electron chi connectivity index (χ1n) is 5.44. The zero-order valence-corrected chi connectivity index (χ0v) is 9.32. The number of rotatable bonds is 3. The van der Waals surface area contributed by atoms with E-state index in [9.17, 15) is 5.11 Å². The second kappa shape index (κ2) is 5.66. The lowest BCUT2D eigenvalue weighted by Crippen LogP contribution is -2.49. The topological polar surface area (TPSA) is 52.7 Å². The van der Waals surface area contributed by atoms with Gasteiger partial charge in [-0.15, -0.1) is 0 Å². The van der Waals surface area contributed by atoms with E-state index in [4.69, 9.17) is 5.73 Å². The molecule has 0 radical (unpaired) electrons. The lowest BCUT2D eigenvalue weighted by Gasteiger charge is -2.31. The van der Waals surface area contributed by atoms with Crippen LogP contribution < -0.4 is 5.73 Å². The molecule has 84 valence electrons. The molecular formula is C10H23N3O. The number of hydrogen-bond acceptors (Lipinski definition) is 4. The Morgan fingerprint density at radius 2 is 2.00 bits per heavy atom. The second-order valence-electron chi connectivity index (χ2n) is 4.30. The van der Waals surface area contributed by atoms with Crippen molar-refractivity contribution in [3.8, 4) is 0 Å². The first-order valence-corrected chi connectivity index (χ1v) is 5.44. The van der Waals surface area contributed by atoms with E-state index in [0.29, 0.717) is 0 Å². The lowest BCUT2D eigenvalue weighted by atomic mass is 10.1. The van der Waals surface area contributed by atoms with E-state index >= 15 is 0 Å². The third-order valence-electron chi connectivity index (χ3n) is 3.02. The van der Waals surface area contributed by atoms with Gasteiger partial charge in [0.05, 0.1) is 6.61 Å². The molecule has 3 N–H and O–H groups in total. The van der Waals surface area contributed by atoms with E-state index in [2.05, 4.69) is 16.8 Å². The molecule has 1 rings (SSSR count). The Labute approximate surface area is 86.7 Å². The molecular weight excluding hydrogens is 178 g/mol. The normalized spacial score (nSPS) is 25.7. The van der Waals surface area contributed by atoms with Crippen molar-refractivity contribution in [2.24, 2.45) is 5.73 Å². The zero-order chi connectivity index (χ0) is 10.6. The molecule has 0 bridgehead atoms. The van der Waals surface area contributed by atoms with Crippen LogP contribution >= 0.6 is 0 Å². The molecule has 0 aromatic rings. The molecule has 14 heavy (non-hydrogen) atoms. The molecule has 1 aliphatic heterocycles. The summed E-state index contributed by atoms with van der Waals surface area (Å²) < 4.78 is 0. The number of hydrogen-bond donors (Lipinski definition) is 2. The highest BCUT2D eigenvalue weighted by atomic mass is 16.3. The lowest BCUT2D eigenvalue weighted by molar-refractivity contribution is 0.111. The van der Waals surface area contributed by atoms with Crippen LogP contribution in [0, 0.1) is 0 Å². The summed E-state index contributed by atoms with van der Waals surface area (Å²) in [6, 6.07) is 0.171. The molecule has 1 fully saturated rings. The van der Waals surface area contributed by atoms with Crippen LogP contribution in [0.3, 0.4) is 0 Å². The fraction of sp³-hybridized carbons (Fsp3) is 1.00. The Bertz CT molecular complexity index is 163. The van der Waals surface area contributed by atoms with Crippen LogP contribution in [0.1, 0.15) is 13.3 Å². The van der Waals surface area contributed by atoms with Gasteiger partial charge in [0.2, 0.25) is 0 Å². The van der Waals surface area contributed by atoms with Crippen LogP contribution in [0.4, 0.5) is 0 Å². The average Bonchev–Trinajstić information content (AvgIpc) is 2.32. The summed E-state index contributed by atoms with van der Waals surface area (Å²) in [5, 5.41) is 9.27. The number of nitrogens with two attached hydrogens (primary N) is 1. The SMILES string of the molecule is CC(N)C(CO)N1CCCN(C)CC1. The summed E-state index contributed by atoms with van der Waals surface area (Å²) in [6.07, 6.45) is 1.17. The molecule has 4 heteroatoms. The predicted octanol–water partition coefficient (Wildman–Crippen LogP) is -0.668.